The van der Waals surface area contributed by atoms with Gasteiger partial charge in [-0.15, -0.1) is 0 Å². The molecule has 2 aromatic rings. The average molecular weight is 397 g/mol. The van der Waals surface area contributed by atoms with Gasteiger partial charge in [0, 0.05) is 44.1 Å². The molecule has 1 aliphatic rings. The zero-order valence-electron chi connectivity index (χ0n) is 18.2. The van der Waals surface area contributed by atoms with Crippen molar-refractivity contribution in [3.8, 4) is 6.01 Å². The van der Waals surface area contributed by atoms with Crippen molar-refractivity contribution in [3.05, 3.63) is 52.8 Å². The van der Waals surface area contributed by atoms with E-state index in [-0.39, 0.29) is 18.0 Å². The predicted octanol–water partition coefficient (Wildman–Crippen LogP) is 3.29. The number of benzene rings is 1. The molecule has 156 valence electrons. The lowest BCUT2D eigenvalue weighted by atomic mass is 10.0. The molecule has 0 spiro atoms. The van der Waals surface area contributed by atoms with Crippen molar-refractivity contribution in [2.75, 3.05) is 20.1 Å². The molecular formula is C23H32N4O2. The van der Waals surface area contributed by atoms with Crippen LogP contribution in [0.4, 0.5) is 0 Å². The van der Waals surface area contributed by atoms with Crippen LogP contribution in [0.1, 0.15) is 42.3 Å². The predicted molar refractivity (Wildman–Crippen MR) is 114 cm³/mol. The lowest BCUT2D eigenvalue weighted by Gasteiger charge is -2.37. The van der Waals surface area contributed by atoms with Gasteiger partial charge in [-0.25, -0.2) is 9.97 Å². The van der Waals surface area contributed by atoms with Crippen molar-refractivity contribution in [2.24, 2.45) is 0 Å². The Morgan fingerprint density at radius 1 is 1.14 bits per heavy atom. The Bertz CT molecular complexity index is 809. The third-order valence-electron chi connectivity index (χ3n) is 5.94. The minimum atomic E-state index is -0.608. The molecule has 6 nitrogen and oxygen atoms in total. The number of piperidine rings is 1. The molecule has 1 aliphatic heterocycles. The maximum atomic E-state index is 12.9. The summed E-state index contributed by atoms with van der Waals surface area (Å²) in [6.07, 6.45) is 1.34. The fourth-order valence-electron chi connectivity index (χ4n) is 3.78. The number of aryl methyl sites for hydroxylation is 2. The van der Waals surface area contributed by atoms with Gasteiger partial charge < -0.3 is 9.64 Å². The Morgan fingerprint density at radius 2 is 1.72 bits per heavy atom. The molecule has 29 heavy (non-hydrogen) atoms. The van der Waals surface area contributed by atoms with Crippen molar-refractivity contribution in [1.29, 1.82) is 0 Å². The summed E-state index contributed by atoms with van der Waals surface area (Å²) >= 11 is 0. The smallest absolute Gasteiger partial charge is 0.317 e. The normalized spacial score (nSPS) is 16.4. The monoisotopic (exact) mass is 396 g/mol. The number of amides is 1. The van der Waals surface area contributed by atoms with Gasteiger partial charge >= 0.3 is 6.01 Å². The van der Waals surface area contributed by atoms with Crippen LogP contribution in [0, 0.1) is 20.8 Å². The highest BCUT2D eigenvalue weighted by molar-refractivity contribution is 5.80. The van der Waals surface area contributed by atoms with Gasteiger partial charge in [-0.1, -0.05) is 30.3 Å². The first-order chi connectivity index (χ1) is 13.8. The third-order valence-corrected chi connectivity index (χ3v) is 5.94. The number of ether oxygens (including phenoxy) is 1. The summed E-state index contributed by atoms with van der Waals surface area (Å²) in [5.74, 6) is -0.0222. The van der Waals surface area contributed by atoms with Crippen molar-refractivity contribution >= 4 is 5.91 Å². The molecule has 0 bridgehead atoms. The fourth-order valence-corrected chi connectivity index (χ4v) is 3.78. The number of carbonyl (C=O) groups excluding carboxylic acids is 1. The zero-order valence-corrected chi connectivity index (χ0v) is 18.2. The molecule has 1 atom stereocenters. The SMILES string of the molecule is Cc1nc(OC(C)C(=O)N(C)C2CCN(Cc3ccccc3)CC2)nc(C)c1C. The first kappa shape index (κ1) is 21.2. The van der Waals surface area contributed by atoms with Gasteiger partial charge in [0.15, 0.2) is 6.10 Å². The Labute approximate surface area is 173 Å². The summed E-state index contributed by atoms with van der Waals surface area (Å²) in [6, 6.07) is 11.0. The molecule has 0 N–H and O–H groups in total. The van der Waals surface area contributed by atoms with E-state index in [0.29, 0.717) is 0 Å². The van der Waals surface area contributed by atoms with E-state index in [0.717, 1.165) is 49.4 Å². The van der Waals surface area contributed by atoms with Crippen molar-refractivity contribution in [1.82, 2.24) is 19.8 Å². The standard InChI is InChI=1S/C23H32N4O2/c1-16-17(2)24-23(25-18(16)3)29-19(4)22(28)26(5)21-11-13-27(14-12-21)15-20-9-7-6-8-10-20/h6-10,19,21H,11-15H2,1-5H3. The molecule has 1 saturated heterocycles. The highest BCUT2D eigenvalue weighted by Gasteiger charge is 2.29. The number of rotatable bonds is 6. The molecule has 3 rings (SSSR count). The number of likely N-dealkylation sites (tertiary alicyclic amines) is 1. The highest BCUT2D eigenvalue weighted by atomic mass is 16.5. The van der Waals surface area contributed by atoms with Crippen LogP contribution >= 0.6 is 0 Å². The minimum Gasteiger partial charge on any atom is -0.450 e. The molecule has 1 unspecified atom stereocenters. The van der Waals surface area contributed by atoms with Crippen LogP contribution in [0.3, 0.4) is 0 Å². The van der Waals surface area contributed by atoms with Gasteiger partial charge in [0.25, 0.3) is 5.91 Å². The number of nitrogens with zero attached hydrogens (tertiary/aromatic N) is 4. The van der Waals surface area contributed by atoms with Crippen molar-refractivity contribution < 1.29 is 9.53 Å². The van der Waals surface area contributed by atoms with E-state index in [1.807, 2.05) is 38.8 Å². The second-order valence-corrected chi connectivity index (χ2v) is 8.00. The van der Waals surface area contributed by atoms with Crippen LogP contribution in [0.15, 0.2) is 30.3 Å². The van der Waals surface area contributed by atoms with E-state index in [1.54, 1.807) is 6.92 Å². The Hall–Kier alpha value is -2.47. The summed E-state index contributed by atoms with van der Waals surface area (Å²) in [5, 5.41) is 0. The lowest BCUT2D eigenvalue weighted by molar-refractivity contribution is -0.139. The molecule has 0 radical (unpaired) electrons. The number of likely N-dealkylation sites (N-methyl/N-ethyl adjacent to an activating group) is 1. The molecule has 1 fully saturated rings. The van der Waals surface area contributed by atoms with E-state index < -0.39 is 6.10 Å². The van der Waals surface area contributed by atoms with E-state index in [4.69, 9.17) is 4.74 Å². The number of hydrogen-bond donors (Lipinski definition) is 0. The molecule has 1 aromatic heterocycles. The van der Waals surface area contributed by atoms with Crippen molar-refractivity contribution in [3.63, 3.8) is 0 Å². The highest BCUT2D eigenvalue weighted by Crippen LogP contribution is 2.19. The second kappa shape index (κ2) is 9.35. The fraction of sp³-hybridized carbons (Fsp3) is 0.522. The maximum absolute atomic E-state index is 12.9. The first-order valence-corrected chi connectivity index (χ1v) is 10.4. The third kappa shape index (κ3) is 5.32. The number of hydrogen-bond acceptors (Lipinski definition) is 5. The van der Waals surface area contributed by atoms with Crippen LogP contribution in [0.25, 0.3) is 0 Å². The molecule has 2 heterocycles. The van der Waals surface area contributed by atoms with Gasteiger partial charge in [-0.2, -0.15) is 0 Å². The number of aromatic nitrogens is 2. The van der Waals surface area contributed by atoms with Gasteiger partial charge in [-0.3, -0.25) is 9.69 Å². The summed E-state index contributed by atoms with van der Waals surface area (Å²) in [4.78, 5) is 25.9. The van der Waals surface area contributed by atoms with Crippen LogP contribution in [0.5, 0.6) is 6.01 Å². The summed E-state index contributed by atoms with van der Waals surface area (Å²) in [5.41, 5.74) is 4.15. The second-order valence-electron chi connectivity index (χ2n) is 8.00. The van der Waals surface area contributed by atoms with Crippen LogP contribution < -0.4 is 4.74 Å². The van der Waals surface area contributed by atoms with Gasteiger partial charge in [0.05, 0.1) is 0 Å². The van der Waals surface area contributed by atoms with E-state index in [2.05, 4.69) is 39.1 Å². The van der Waals surface area contributed by atoms with E-state index in [9.17, 15) is 4.79 Å². The summed E-state index contributed by atoms with van der Waals surface area (Å²) in [7, 11) is 1.88. The lowest BCUT2D eigenvalue weighted by Crippen LogP contribution is -2.48. The van der Waals surface area contributed by atoms with Crippen molar-refractivity contribution in [2.45, 2.75) is 59.2 Å². The van der Waals surface area contributed by atoms with Crippen LogP contribution in [-0.4, -0.2) is 58.0 Å². The largest absolute Gasteiger partial charge is 0.450 e. The van der Waals surface area contributed by atoms with Gasteiger partial charge in [0.2, 0.25) is 0 Å². The molecule has 0 saturated carbocycles. The molecule has 6 heteroatoms. The molecule has 1 aromatic carbocycles. The Balaban J connectivity index is 1.52. The van der Waals surface area contributed by atoms with E-state index >= 15 is 0 Å². The Kier molecular flexibility index (Phi) is 6.85. The van der Waals surface area contributed by atoms with Crippen LogP contribution in [-0.2, 0) is 11.3 Å². The Morgan fingerprint density at radius 3 is 2.31 bits per heavy atom. The molecule has 1 amide bonds. The van der Waals surface area contributed by atoms with Gasteiger partial charge in [-0.05, 0) is 51.7 Å². The summed E-state index contributed by atoms with van der Waals surface area (Å²) in [6.45, 7) is 10.6. The van der Waals surface area contributed by atoms with Crippen LogP contribution in [0.2, 0.25) is 0 Å². The average Bonchev–Trinajstić information content (AvgIpc) is 2.72. The van der Waals surface area contributed by atoms with Gasteiger partial charge in [0.1, 0.15) is 0 Å². The first-order valence-electron chi connectivity index (χ1n) is 10.4. The van der Waals surface area contributed by atoms with E-state index in [1.165, 1.54) is 5.56 Å². The quantitative estimate of drug-likeness (QED) is 0.750. The zero-order chi connectivity index (χ0) is 21.0. The molecular weight excluding hydrogens is 364 g/mol. The number of carbonyl (C=O) groups is 1. The summed E-state index contributed by atoms with van der Waals surface area (Å²) < 4.78 is 5.78. The maximum Gasteiger partial charge on any atom is 0.317 e. The minimum absolute atomic E-state index is 0.0222. The topological polar surface area (TPSA) is 58.6 Å². The molecule has 0 aliphatic carbocycles.